The molecule has 0 unspecified atom stereocenters. The topological polar surface area (TPSA) is 89.6 Å². The van der Waals surface area contributed by atoms with Crippen LogP contribution in [-0.4, -0.2) is 87.7 Å². The molecular formula is C28H36FN7O2. The second-order valence-electron chi connectivity index (χ2n) is 11.1. The van der Waals surface area contributed by atoms with Crippen LogP contribution in [0.4, 0.5) is 20.7 Å². The number of nitrogens with one attached hydrogen (secondary N) is 2. The number of amides is 1. The quantitative estimate of drug-likeness (QED) is 0.507. The van der Waals surface area contributed by atoms with E-state index in [1.807, 2.05) is 39.0 Å². The van der Waals surface area contributed by atoms with Crippen LogP contribution in [0.25, 0.3) is 16.6 Å². The zero-order chi connectivity index (χ0) is 26.9. The molecule has 0 saturated carbocycles. The normalized spacial score (nSPS) is 17.5. The van der Waals surface area contributed by atoms with Crippen LogP contribution in [0, 0.1) is 5.82 Å². The number of aromatic amines is 1. The second kappa shape index (κ2) is 10.7. The van der Waals surface area contributed by atoms with Gasteiger partial charge >= 0.3 is 6.09 Å². The number of rotatable bonds is 5. The van der Waals surface area contributed by atoms with Crippen LogP contribution in [0.2, 0.25) is 0 Å². The molecule has 38 heavy (non-hydrogen) atoms. The lowest BCUT2D eigenvalue weighted by molar-refractivity contribution is 0.0270. The third-order valence-corrected chi connectivity index (χ3v) is 6.93. The number of anilines is 2. The van der Waals surface area contributed by atoms with Gasteiger partial charge in [-0.05, 0) is 64.1 Å². The van der Waals surface area contributed by atoms with Crippen molar-refractivity contribution < 1.29 is 13.9 Å². The minimum absolute atomic E-state index is 0.198. The number of carbonyl (C=O) groups excluding carboxylic acids is 1. The third kappa shape index (κ3) is 6.14. The Hall–Kier alpha value is -3.50. The summed E-state index contributed by atoms with van der Waals surface area (Å²) in [7, 11) is 2.11. The van der Waals surface area contributed by atoms with Gasteiger partial charge in [-0.2, -0.15) is 0 Å². The Morgan fingerprint density at radius 1 is 1.13 bits per heavy atom. The van der Waals surface area contributed by atoms with Crippen molar-refractivity contribution in [3.63, 3.8) is 0 Å². The number of hydrogen-bond donors (Lipinski definition) is 2. The lowest BCUT2D eigenvalue weighted by Gasteiger charge is -2.32. The molecule has 0 atom stereocenters. The molecule has 0 radical (unpaired) electrons. The van der Waals surface area contributed by atoms with Gasteiger partial charge in [-0.1, -0.05) is 6.08 Å². The van der Waals surface area contributed by atoms with E-state index in [2.05, 4.69) is 37.1 Å². The number of halogens is 1. The van der Waals surface area contributed by atoms with Gasteiger partial charge in [0.1, 0.15) is 29.2 Å². The molecule has 2 aliphatic rings. The van der Waals surface area contributed by atoms with Crippen LogP contribution in [0.5, 0.6) is 0 Å². The minimum Gasteiger partial charge on any atom is -0.444 e. The average Bonchev–Trinajstić information content (AvgIpc) is 3.32. The van der Waals surface area contributed by atoms with Gasteiger partial charge in [0.25, 0.3) is 0 Å². The van der Waals surface area contributed by atoms with Crippen LogP contribution in [-0.2, 0) is 11.3 Å². The molecule has 1 aromatic carbocycles. The summed E-state index contributed by atoms with van der Waals surface area (Å²) in [6.45, 7) is 11.1. The Bertz CT molecular complexity index is 1340. The smallest absolute Gasteiger partial charge is 0.410 e. The van der Waals surface area contributed by atoms with Gasteiger partial charge in [-0.3, -0.25) is 4.90 Å². The Labute approximate surface area is 222 Å². The summed E-state index contributed by atoms with van der Waals surface area (Å²) in [5.74, 6) is 0.456. The number of fused-ring (bicyclic) bond motifs is 1. The molecule has 2 N–H and O–H groups in total. The van der Waals surface area contributed by atoms with E-state index in [9.17, 15) is 9.18 Å². The SMILES string of the molecule is CN1CCN(Cc2cc(Nc3ncnc4[nH]c(C5=CCN(C(=O)OC(C)(C)C)CC5)cc34)ccc2F)CC1. The number of aromatic nitrogens is 3. The molecule has 202 valence electrons. The van der Waals surface area contributed by atoms with Crippen molar-refractivity contribution in [3.8, 4) is 0 Å². The first kappa shape index (κ1) is 26.1. The van der Waals surface area contributed by atoms with E-state index in [1.165, 1.54) is 12.4 Å². The largest absolute Gasteiger partial charge is 0.444 e. The number of H-pyrrole nitrogens is 1. The molecule has 1 saturated heterocycles. The second-order valence-corrected chi connectivity index (χ2v) is 11.1. The fraction of sp³-hybridized carbons (Fsp3) is 0.464. The monoisotopic (exact) mass is 521 g/mol. The number of piperazine rings is 1. The van der Waals surface area contributed by atoms with Gasteiger partial charge in [-0.25, -0.2) is 19.2 Å². The van der Waals surface area contributed by atoms with Gasteiger partial charge in [-0.15, -0.1) is 0 Å². The third-order valence-electron chi connectivity index (χ3n) is 6.93. The summed E-state index contributed by atoms with van der Waals surface area (Å²) < 4.78 is 20.1. The maximum Gasteiger partial charge on any atom is 0.410 e. The van der Waals surface area contributed by atoms with Crippen LogP contribution >= 0.6 is 0 Å². The molecule has 0 bridgehead atoms. The number of benzene rings is 1. The first-order chi connectivity index (χ1) is 18.1. The number of carbonyl (C=O) groups is 1. The fourth-order valence-electron chi connectivity index (χ4n) is 4.78. The Morgan fingerprint density at radius 2 is 1.92 bits per heavy atom. The van der Waals surface area contributed by atoms with Crippen molar-refractivity contribution in [3.05, 3.63) is 53.7 Å². The molecule has 2 aromatic heterocycles. The molecule has 0 spiro atoms. The van der Waals surface area contributed by atoms with Gasteiger partial charge in [0.2, 0.25) is 0 Å². The Kier molecular flexibility index (Phi) is 7.36. The van der Waals surface area contributed by atoms with E-state index in [4.69, 9.17) is 4.74 Å². The molecule has 1 fully saturated rings. The molecule has 1 amide bonds. The van der Waals surface area contributed by atoms with Crippen molar-refractivity contribution in [2.45, 2.75) is 39.3 Å². The highest BCUT2D eigenvalue weighted by Gasteiger charge is 2.24. The summed E-state index contributed by atoms with van der Waals surface area (Å²) in [6, 6.07) is 7.14. The highest BCUT2D eigenvalue weighted by atomic mass is 19.1. The van der Waals surface area contributed by atoms with Gasteiger partial charge in [0.15, 0.2) is 0 Å². The average molecular weight is 522 g/mol. The van der Waals surface area contributed by atoms with Crippen molar-refractivity contribution >= 4 is 34.2 Å². The molecule has 9 nitrogen and oxygen atoms in total. The Balaban J connectivity index is 1.31. The van der Waals surface area contributed by atoms with Crippen LogP contribution in [0.15, 0.2) is 36.7 Å². The molecule has 10 heteroatoms. The van der Waals surface area contributed by atoms with Crippen molar-refractivity contribution in [1.82, 2.24) is 29.7 Å². The maximum absolute atomic E-state index is 14.6. The van der Waals surface area contributed by atoms with Crippen molar-refractivity contribution in [2.24, 2.45) is 0 Å². The van der Waals surface area contributed by atoms with E-state index in [0.717, 1.165) is 48.5 Å². The number of nitrogens with zero attached hydrogens (tertiary/aromatic N) is 5. The highest BCUT2D eigenvalue weighted by Crippen LogP contribution is 2.30. The molecular weight excluding hydrogens is 485 g/mol. The standard InChI is InChI=1S/C28H36FN7O2/c1-28(2,3)38-27(37)36-9-7-19(8-10-36)24-16-22-25(30-18-31-26(22)33-24)32-21-5-6-23(29)20(15-21)17-35-13-11-34(4)12-14-35/h5-7,15-16,18H,8-14,17H2,1-4H3,(H2,30,31,32,33). The summed E-state index contributed by atoms with van der Waals surface area (Å²) >= 11 is 0. The first-order valence-electron chi connectivity index (χ1n) is 13.1. The summed E-state index contributed by atoms with van der Waals surface area (Å²) in [5.41, 5.74) is 3.71. The van der Waals surface area contributed by atoms with Gasteiger partial charge < -0.3 is 24.8 Å². The first-order valence-corrected chi connectivity index (χ1v) is 13.1. The highest BCUT2D eigenvalue weighted by molar-refractivity contribution is 5.92. The van der Waals surface area contributed by atoms with E-state index < -0.39 is 5.60 Å². The van der Waals surface area contributed by atoms with Crippen molar-refractivity contribution in [2.75, 3.05) is 51.6 Å². The van der Waals surface area contributed by atoms with E-state index in [0.29, 0.717) is 43.1 Å². The maximum atomic E-state index is 14.6. The molecule has 3 aromatic rings. The summed E-state index contributed by atoms with van der Waals surface area (Å²) in [4.78, 5) is 30.9. The molecule has 5 rings (SSSR count). The fourth-order valence-corrected chi connectivity index (χ4v) is 4.78. The summed E-state index contributed by atoms with van der Waals surface area (Å²) in [5, 5.41) is 4.22. The molecule has 2 aliphatic heterocycles. The number of likely N-dealkylation sites (N-methyl/N-ethyl adjacent to an activating group) is 1. The predicted molar refractivity (Wildman–Crippen MR) is 147 cm³/mol. The Morgan fingerprint density at radius 3 is 2.63 bits per heavy atom. The van der Waals surface area contributed by atoms with Gasteiger partial charge in [0, 0.05) is 62.8 Å². The van der Waals surface area contributed by atoms with Crippen LogP contribution < -0.4 is 5.32 Å². The van der Waals surface area contributed by atoms with Gasteiger partial charge in [0.05, 0.1) is 5.39 Å². The number of ether oxygens (including phenoxy) is 1. The zero-order valence-electron chi connectivity index (χ0n) is 22.6. The van der Waals surface area contributed by atoms with Crippen LogP contribution in [0.1, 0.15) is 38.4 Å². The lowest BCUT2D eigenvalue weighted by Crippen LogP contribution is -2.44. The minimum atomic E-state index is -0.518. The molecule has 4 heterocycles. The molecule has 0 aliphatic carbocycles. The predicted octanol–water partition coefficient (Wildman–Crippen LogP) is 4.61. The van der Waals surface area contributed by atoms with Crippen molar-refractivity contribution in [1.29, 1.82) is 0 Å². The van der Waals surface area contributed by atoms with E-state index >= 15 is 0 Å². The lowest BCUT2D eigenvalue weighted by atomic mass is 10.1. The zero-order valence-corrected chi connectivity index (χ0v) is 22.6. The van der Waals surface area contributed by atoms with Crippen LogP contribution in [0.3, 0.4) is 0 Å². The number of hydrogen-bond acceptors (Lipinski definition) is 7. The van der Waals surface area contributed by atoms with E-state index in [-0.39, 0.29) is 11.9 Å². The summed E-state index contributed by atoms with van der Waals surface area (Å²) in [6.07, 6.45) is 3.96. The van der Waals surface area contributed by atoms with E-state index in [1.54, 1.807) is 11.0 Å².